The van der Waals surface area contributed by atoms with E-state index in [0.717, 1.165) is 13.0 Å². The number of rotatable bonds is 0. The number of hydrogen-bond acceptors (Lipinski definition) is 2. The van der Waals surface area contributed by atoms with E-state index in [1.807, 2.05) is 0 Å². The van der Waals surface area contributed by atoms with Gasteiger partial charge in [-0.3, -0.25) is 5.32 Å². The van der Waals surface area contributed by atoms with Crippen molar-refractivity contribution < 1.29 is 4.79 Å². The molecule has 0 aliphatic carbocycles. The summed E-state index contributed by atoms with van der Waals surface area (Å²) >= 11 is 0. The van der Waals surface area contributed by atoms with E-state index in [9.17, 15) is 4.79 Å². The lowest BCUT2D eigenvalue weighted by atomic mass is 10.2. The fourth-order valence-electron chi connectivity index (χ4n) is 1.36. The molecule has 4 nitrogen and oxygen atoms in total. The van der Waals surface area contributed by atoms with Gasteiger partial charge in [0.05, 0.1) is 6.04 Å². The summed E-state index contributed by atoms with van der Waals surface area (Å²) in [6, 6.07) is 0.287. The molecule has 0 saturated carbocycles. The van der Waals surface area contributed by atoms with Crippen molar-refractivity contribution in [2.75, 3.05) is 6.54 Å². The average Bonchev–Trinajstić information content (AvgIpc) is 2.22. The largest absolute Gasteiger partial charge is 0.332 e. The molecule has 2 atom stereocenters. The van der Waals surface area contributed by atoms with Crippen LogP contribution in [0.1, 0.15) is 6.42 Å². The fourth-order valence-corrected chi connectivity index (χ4v) is 1.36. The van der Waals surface area contributed by atoms with Crippen LogP contribution < -0.4 is 16.0 Å². The summed E-state index contributed by atoms with van der Waals surface area (Å²) in [6.07, 6.45) is 1.24. The summed E-state index contributed by atoms with van der Waals surface area (Å²) < 4.78 is 0. The second-order valence-corrected chi connectivity index (χ2v) is 2.44. The number of fused-ring (bicyclic) bond motifs is 1. The van der Waals surface area contributed by atoms with Crippen molar-refractivity contribution in [3.05, 3.63) is 0 Å². The van der Waals surface area contributed by atoms with Gasteiger partial charge in [-0.1, -0.05) is 0 Å². The van der Waals surface area contributed by atoms with Gasteiger partial charge in [-0.05, 0) is 13.0 Å². The molecule has 2 heterocycles. The zero-order chi connectivity index (χ0) is 6.27. The molecule has 0 aromatic heterocycles. The smallest absolute Gasteiger partial charge is 0.316 e. The summed E-state index contributed by atoms with van der Waals surface area (Å²) in [5.41, 5.74) is 0. The SMILES string of the molecule is O=C1NC2CCNC2N1. The van der Waals surface area contributed by atoms with Gasteiger partial charge in [-0.2, -0.15) is 0 Å². The Morgan fingerprint density at radius 3 is 3.11 bits per heavy atom. The molecule has 9 heavy (non-hydrogen) atoms. The maximum atomic E-state index is 10.6. The number of amides is 2. The van der Waals surface area contributed by atoms with Crippen LogP contribution in [0.15, 0.2) is 0 Å². The molecule has 2 amide bonds. The van der Waals surface area contributed by atoms with Crippen LogP contribution in [0.4, 0.5) is 4.79 Å². The van der Waals surface area contributed by atoms with Crippen molar-refractivity contribution in [1.82, 2.24) is 16.0 Å². The second-order valence-electron chi connectivity index (χ2n) is 2.44. The van der Waals surface area contributed by atoms with Crippen LogP contribution in [-0.2, 0) is 0 Å². The first-order valence-electron chi connectivity index (χ1n) is 3.17. The molecular formula is C5H9N3O. The van der Waals surface area contributed by atoms with Gasteiger partial charge in [-0.15, -0.1) is 0 Å². The van der Waals surface area contributed by atoms with Crippen molar-refractivity contribution in [3.8, 4) is 0 Å². The van der Waals surface area contributed by atoms with Crippen LogP contribution in [0.2, 0.25) is 0 Å². The highest BCUT2D eigenvalue weighted by Crippen LogP contribution is 2.08. The highest BCUT2D eigenvalue weighted by atomic mass is 16.2. The zero-order valence-corrected chi connectivity index (χ0v) is 4.98. The molecule has 0 aromatic rings. The first-order valence-corrected chi connectivity index (χ1v) is 3.17. The van der Waals surface area contributed by atoms with Crippen LogP contribution in [0.25, 0.3) is 0 Å². The molecule has 3 N–H and O–H groups in total. The quantitative estimate of drug-likeness (QED) is 0.390. The van der Waals surface area contributed by atoms with Gasteiger partial charge in [0.1, 0.15) is 6.17 Å². The molecule has 0 radical (unpaired) electrons. The third kappa shape index (κ3) is 0.666. The van der Waals surface area contributed by atoms with Gasteiger partial charge in [-0.25, -0.2) is 4.79 Å². The zero-order valence-electron chi connectivity index (χ0n) is 4.98. The fraction of sp³-hybridized carbons (Fsp3) is 0.800. The van der Waals surface area contributed by atoms with Gasteiger partial charge in [0.25, 0.3) is 0 Å². The van der Waals surface area contributed by atoms with Gasteiger partial charge in [0, 0.05) is 0 Å². The highest BCUT2D eigenvalue weighted by Gasteiger charge is 2.34. The van der Waals surface area contributed by atoms with Gasteiger partial charge < -0.3 is 10.6 Å². The topological polar surface area (TPSA) is 53.2 Å². The van der Waals surface area contributed by atoms with Crippen molar-refractivity contribution >= 4 is 6.03 Å². The minimum absolute atomic E-state index is 0.0443. The Bertz CT molecular complexity index is 133. The predicted molar refractivity (Wildman–Crippen MR) is 31.9 cm³/mol. The standard InChI is InChI=1S/C5H9N3O/c9-5-7-3-1-2-6-4(3)8-5/h3-4,6H,1-2H2,(H2,7,8,9). The van der Waals surface area contributed by atoms with Crippen LogP contribution in [0.5, 0.6) is 0 Å². The van der Waals surface area contributed by atoms with E-state index in [1.54, 1.807) is 0 Å². The first kappa shape index (κ1) is 5.05. The summed E-state index contributed by atoms with van der Waals surface area (Å²) in [4.78, 5) is 10.6. The number of carbonyl (C=O) groups is 1. The van der Waals surface area contributed by atoms with E-state index in [4.69, 9.17) is 0 Å². The molecule has 2 fully saturated rings. The molecule has 0 bridgehead atoms. The van der Waals surface area contributed by atoms with Crippen molar-refractivity contribution in [2.24, 2.45) is 0 Å². The lowest BCUT2D eigenvalue weighted by molar-refractivity contribution is 0.246. The third-order valence-corrected chi connectivity index (χ3v) is 1.83. The normalized spacial score (nSPS) is 39.8. The van der Waals surface area contributed by atoms with Crippen LogP contribution in [-0.4, -0.2) is 24.8 Å². The van der Waals surface area contributed by atoms with Crippen LogP contribution >= 0.6 is 0 Å². The predicted octanol–water partition coefficient (Wildman–Crippen LogP) is -1.01. The maximum absolute atomic E-state index is 10.6. The molecule has 2 aliphatic rings. The minimum atomic E-state index is -0.0443. The molecule has 2 saturated heterocycles. The molecule has 2 aliphatic heterocycles. The second kappa shape index (κ2) is 1.60. The number of carbonyl (C=O) groups excluding carboxylic acids is 1. The molecule has 4 heteroatoms. The highest BCUT2D eigenvalue weighted by molar-refractivity contribution is 5.77. The minimum Gasteiger partial charge on any atom is -0.332 e. The monoisotopic (exact) mass is 127 g/mol. The Labute approximate surface area is 53.0 Å². The third-order valence-electron chi connectivity index (χ3n) is 1.83. The van der Waals surface area contributed by atoms with Crippen molar-refractivity contribution in [1.29, 1.82) is 0 Å². The Kier molecular flexibility index (Phi) is 0.900. The van der Waals surface area contributed by atoms with E-state index in [2.05, 4.69) is 16.0 Å². The van der Waals surface area contributed by atoms with Gasteiger partial charge in [0.15, 0.2) is 0 Å². The van der Waals surface area contributed by atoms with E-state index in [0.29, 0.717) is 6.04 Å². The van der Waals surface area contributed by atoms with Crippen LogP contribution in [0.3, 0.4) is 0 Å². The molecular weight excluding hydrogens is 118 g/mol. The molecule has 0 aromatic carbocycles. The van der Waals surface area contributed by atoms with Crippen molar-refractivity contribution in [3.63, 3.8) is 0 Å². The molecule has 0 spiro atoms. The summed E-state index contributed by atoms with van der Waals surface area (Å²) in [6.45, 7) is 1.00. The molecule has 2 unspecified atom stereocenters. The number of nitrogens with one attached hydrogen (secondary N) is 3. The number of hydrogen-bond donors (Lipinski definition) is 3. The maximum Gasteiger partial charge on any atom is 0.316 e. The lowest BCUT2D eigenvalue weighted by Gasteiger charge is -2.04. The summed E-state index contributed by atoms with van der Waals surface area (Å²) in [5, 5.41) is 8.71. The van der Waals surface area contributed by atoms with Gasteiger partial charge in [0.2, 0.25) is 0 Å². The molecule has 50 valence electrons. The van der Waals surface area contributed by atoms with Gasteiger partial charge >= 0.3 is 6.03 Å². The van der Waals surface area contributed by atoms with Crippen molar-refractivity contribution in [2.45, 2.75) is 18.6 Å². The van der Waals surface area contributed by atoms with Crippen LogP contribution in [0, 0.1) is 0 Å². The lowest BCUT2D eigenvalue weighted by Crippen LogP contribution is -2.37. The Morgan fingerprint density at radius 1 is 1.44 bits per heavy atom. The Balaban J connectivity index is 2.09. The Morgan fingerprint density at radius 2 is 2.33 bits per heavy atom. The van der Waals surface area contributed by atoms with E-state index in [1.165, 1.54) is 0 Å². The summed E-state index contributed by atoms with van der Waals surface area (Å²) in [7, 11) is 0. The van der Waals surface area contributed by atoms with E-state index < -0.39 is 0 Å². The Hall–Kier alpha value is -0.770. The number of urea groups is 1. The first-order chi connectivity index (χ1) is 4.36. The molecule has 2 rings (SSSR count). The summed E-state index contributed by atoms with van der Waals surface area (Å²) in [5.74, 6) is 0. The van der Waals surface area contributed by atoms with E-state index in [-0.39, 0.29) is 12.2 Å². The average molecular weight is 127 g/mol. The van der Waals surface area contributed by atoms with E-state index >= 15 is 0 Å².